The Labute approximate surface area is 206 Å². The molecular weight excluding hydrogens is 498 g/mol. The lowest BCUT2D eigenvalue weighted by Gasteiger charge is -2.27. The molecule has 0 radical (unpaired) electrons. The highest BCUT2D eigenvalue weighted by Gasteiger charge is 2.46. The monoisotopic (exact) mass is 521 g/mol. The third kappa shape index (κ3) is 4.56. The molecule has 4 rings (SSSR count). The fourth-order valence-electron chi connectivity index (χ4n) is 4.14. The lowest BCUT2D eigenvalue weighted by molar-refractivity contribution is -0.139. The van der Waals surface area contributed by atoms with E-state index in [4.69, 9.17) is 9.47 Å². The summed E-state index contributed by atoms with van der Waals surface area (Å²) in [5, 5.41) is 11.2. The van der Waals surface area contributed by atoms with Crippen molar-refractivity contribution >= 4 is 33.4 Å². The van der Waals surface area contributed by atoms with Gasteiger partial charge in [-0.25, -0.2) is 0 Å². The average molecular weight is 522 g/mol. The van der Waals surface area contributed by atoms with Gasteiger partial charge in [-0.2, -0.15) is 0 Å². The molecule has 3 aromatic rings. The van der Waals surface area contributed by atoms with Crippen LogP contribution in [0.4, 0.5) is 0 Å². The van der Waals surface area contributed by atoms with Gasteiger partial charge in [0.05, 0.1) is 25.8 Å². The van der Waals surface area contributed by atoms with Crippen LogP contribution in [0.1, 0.15) is 22.7 Å². The summed E-state index contributed by atoms with van der Waals surface area (Å²) >= 11 is 3.38. The molecule has 0 aliphatic carbocycles. The number of hydrogen-bond acceptors (Lipinski definition) is 5. The fraction of sp³-hybridized carbons (Fsp3) is 0.185. The van der Waals surface area contributed by atoms with Gasteiger partial charge < -0.3 is 19.5 Å². The Morgan fingerprint density at radius 2 is 1.68 bits per heavy atom. The maximum atomic E-state index is 13.2. The van der Waals surface area contributed by atoms with Crippen molar-refractivity contribution in [2.24, 2.45) is 0 Å². The number of Topliss-reactive ketones (excluding diaryl/α,β-unsaturated/α-hetero) is 1. The van der Waals surface area contributed by atoms with E-state index in [-0.39, 0.29) is 11.3 Å². The van der Waals surface area contributed by atoms with Crippen molar-refractivity contribution in [2.45, 2.75) is 12.5 Å². The van der Waals surface area contributed by atoms with Crippen molar-refractivity contribution in [3.8, 4) is 11.5 Å². The number of carbonyl (C=O) groups excluding carboxylic acids is 2. The van der Waals surface area contributed by atoms with E-state index < -0.39 is 17.7 Å². The van der Waals surface area contributed by atoms with Crippen LogP contribution < -0.4 is 9.47 Å². The van der Waals surface area contributed by atoms with Gasteiger partial charge in [-0.1, -0.05) is 58.4 Å². The van der Waals surface area contributed by atoms with Crippen molar-refractivity contribution in [1.82, 2.24) is 4.90 Å². The van der Waals surface area contributed by atoms with Gasteiger partial charge >= 0.3 is 0 Å². The first-order chi connectivity index (χ1) is 16.4. The predicted octanol–water partition coefficient (Wildman–Crippen LogP) is 5.13. The number of aliphatic hydroxyl groups is 1. The summed E-state index contributed by atoms with van der Waals surface area (Å²) in [5.74, 6) is -0.572. The number of benzene rings is 3. The summed E-state index contributed by atoms with van der Waals surface area (Å²) in [7, 11) is 3.07. The maximum absolute atomic E-state index is 13.2. The molecule has 1 atom stereocenters. The third-order valence-corrected chi connectivity index (χ3v) is 6.41. The van der Waals surface area contributed by atoms with Crippen molar-refractivity contribution in [1.29, 1.82) is 0 Å². The molecule has 34 heavy (non-hydrogen) atoms. The van der Waals surface area contributed by atoms with Crippen LogP contribution in [0.2, 0.25) is 0 Å². The van der Waals surface area contributed by atoms with Crippen molar-refractivity contribution in [3.63, 3.8) is 0 Å². The number of nitrogens with zero attached hydrogens (tertiary/aromatic N) is 1. The second kappa shape index (κ2) is 10.1. The summed E-state index contributed by atoms with van der Waals surface area (Å²) in [4.78, 5) is 27.9. The topological polar surface area (TPSA) is 76.1 Å². The average Bonchev–Trinajstić information content (AvgIpc) is 3.12. The van der Waals surface area contributed by atoms with Gasteiger partial charge in [-0.15, -0.1) is 0 Å². The lowest BCUT2D eigenvalue weighted by atomic mass is 9.94. The molecule has 1 heterocycles. The van der Waals surface area contributed by atoms with E-state index in [2.05, 4.69) is 15.9 Å². The molecule has 174 valence electrons. The first-order valence-electron chi connectivity index (χ1n) is 10.7. The number of ether oxygens (including phenoxy) is 2. The van der Waals surface area contributed by atoms with E-state index in [1.54, 1.807) is 49.6 Å². The summed E-state index contributed by atoms with van der Waals surface area (Å²) in [5.41, 5.74) is 2.11. The van der Waals surface area contributed by atoms with Crippen LogP contribution in [0.15, 0.2) is 82.8 Å². The number of halogens is 1. The molecule has 1 unspecified atom stereocenters. The van der Waals surface area contributed by atoms with E-state index in [0.29, 0.717) is 35.6 Å². The number of methoxy groups -OCH3 is 2. The molecule has 0 saturated carbocycles. The van der Waals surface area contributed by atoms with Gasteiger partial charge in [0.15, 0.2) is 0 Å². The van der Waals surface area contributed by atoms with Crippen LogP contribution in [0.3, 0.4) is 0 Å². The normalized spacial score (nSPS) is 17.1. The van der Waals surface area contributed by atoms with Gasteiger partial charge in [0, 0.05) is 28.2 Å². The third-order valence-electron chi connectivity index (χ3n) is 5.88. The molecule has 0 spiro atoms. The Kier molecular flexibility index (Phi) is 7.03. The molecule has 0 bridgehead atoms. The highest BCUT2D eigenvalue weighted by atomic mass is 79.9. The van der Waals surface area contributed by atoms with Gasteiger partial charge in [0.25, 0.3) is 11.7 Å². The van der Waals surface area contributed by atoms with E-state index in [9.17, 15) is 14.7 Å². The van der Waals surface area contributed by atoms with Crippen LogP contribution in [0.5, 0.6) is 11.5 Å². The van der Waals surface area contributed by atoms with Crippen molar-refractivity contribution in [3.05, 3.63) is 99.5 Å². The lowest BCUT2D eigenvalue weighted by Crippen LogP contribution is -2.31. The number of carbonyl (C=O) groups is 2. The Hall–Kier alpha value is -3.58. The maximum Gasteiger partial charge on any atom is 0.295 e. The molecule has 0 aromatic heterocycles. The summed E-state index contributed by atoms with van der Waals surface area (Å²) in [6.07, 6.45) is 0.557. The SMILES string of the molecule is COc1ccc(C2C(=C(O)c3ccc(Br)cc3)C(=O)C(=O)N2CCc2ccccc2)c(OC)c1. The van der Waals surface area contributed by atoms with Crippen molar-refractivity contribution < 1.29 is 24.2 Å². The Bertz CT molecular complexity index is 1240. The minimum Gasteiger partial charge on any atom is -0.507 e. The van der Waals surface area contributed by atoms with Gasteiger partial charge in [-0.05, 0) is 36.2 Å². The number of amides is 1. The number of ketones is 1. The Morgan fingerprint density at radius 3 is 2.32 bits per heavy atom. The van der Waals surface area contributed by atoms with Crippen LogP contribution >= 0.6 is 15.9 Å². The molecule has 1 aliphatic heterocycles. The summed E-state index contributed by atoms with van der Waals surface area (Å²) in [6.45, 7) is 0.297. The van der Waals surface area contributed by atoms with E-state index in [0.717, 1.165) is 10.0 Å². The second-order valence-electron chi connectivity index (χ2n) is 7.84. The molecular formula is C27H24BrNO5. The highest BCUT2D eigenvalue weighted by Crippen LogP contribution is 2.43. The van der Waals surface area contributed by atoms with Gasteiger partial charge in [-0.3, -0.25) is 9.59 Å². The standard InChI is InChI=1S/C27H24BrNO5/c1-33-20-12-13-21(22(16-20)34-2)24-23(25(30)18-8-10-19(28)11-9-18)26(31)27(32)29(24)15-14-17-6-4-3-5-7-17/h3-13,16,24,30H,14-15H2,1-2H3. The number of likely N-dealkylation sites (tertiary alicyclic amines) is 1. The zero-order valence-electron chi connectivity index (χ0n) is 18.8. The summed E-state index contributed by atoms with van der Waals surface area (Å²) in [6, 6.07) is 21.1. The van der Waals surface area contributed by atoms with Gasteiger partial charge in [0.1, 0.15) is 17.3 Å². The molecule has 7 heteroatoms. The van der Waals surface area contributed by atoms with Crippen LogP contribution in [-0.4, -0.2) is 42.5 Å². The van der Waals surface area contributed by atoms with E-state index >= 15 is 0 Å². The smallest absolute Gasteiger partial charge is 0.295 e. The minimum atomic E-state index is -0.812. The van der Waals surface area contributed by atoms with Crippen LogP contribution in [0.25, 0.3) is 5.76 Å². The second-order valence-corrected chi connectivity index (χ2v) is 8.76. The zero-order valence-corrected chi connectivity index (χ0v) is 20.4. The molecule has 1 aliphatic rings. The highest BCUT2D eigenvalue weighted by molar-refractivity contribution is 9.10. The number of rotatable bonds is 7. The first kappa shape index (κ1) is 23.6. The first-order valence-corrected chi connectivity index (χ1v) is 11.5. The number of hydrogen-bond donors (Lipinski definition) is 1. The van der Waals surface area contributed by atoms with Gasteiger partial charge in [0.2, 0.25) is 0 Å². The zero-order chi connectivity index (χ0) is 24.2. The molecule has 1 N–H and O–H groups in total. The summed E-state index contributed by atoms with van der Waals surface area (Å²) < 4.78 is 11.7. The van der Waals surface area contributed by atoms with E-state index in [1.165, 1.54) is 12.0 Å². The largest absolute Gasteiger partial charge is 0.507 e. The molecule has 6 nitrogen and oxygen atoms in total. The Morgan fingerprint density at radius 1 is 0.971 bits per heavy atom. The van der Waals surface area contributed by atoms with Crippen LogP contribution in [-0.2, 0) is 16.0 Å². The predicted molar refractivity (Wildman–Crippen MR) is 133 cm³/mol. The fourth-order valence-corrected chi connectivity index (χ4v) is 4.40. The minimum absolute atomic E-state index is 0.0313. The molecule has 1 saturated heterocycles. The van der Waals surface area contributed by atoms with Crippen molar-refractivity contribution in [2.75, 3.05) is 20.8 Å². The molecule has 1 amide bonds. The van der Waals surface area contributed by atoms with Crippen LogP contribution in [0, 0.1) is 0 Å². The Balaban J connectivity index is 1.84. The van der Waals surface area contributed by atoms with E-state index in [1.807, 2.05) is 30.3 Å². The quantitative estimate of drug-likeness (QED) is 0.265. The number of aliphatic hydroxyl groups excluding tert-OH is 1. The molecule has 3 aromatic carbocycles. The molecule has 1 fully saturated rings.